The normalized spacial score (nSPS) is 15.2. The number of ether oxygens (including phenoxy) is 1. The van der Waals surface area contributed by atoms with Gasteiger partial charge in [0.2, 0.25) is 0 Å². The number of carbonyl (C=O) groups is 1. The molecule has 0 aliphatic carbocycles. The monoisotopic (exact) mass is 466 g/mol. The molecule has 1 saturated heterocycles. The van der Waals surface area contributed by atoms with Crippen molar-refractivity contribution in [3.05, 3.63) is 63.0 Å². The van der Waals surface area contributed by atoms with E-state index >= 15 is 0 Å². The summed E-state index contributed by atoms with van der Waals surface area (Å²) in [5.74, 6) is -0.376. The van der Waals surface area contributed by atoms with Gasteiger partial charge < -0.3 is 14.2 Å². The molecule has 9 nitrogen and oxygen atoms in total. The molecule has 12 heteroatoms. The molecule has 0 saturated carbocycles. The Balaban J connectivity index is 1.96. The number of rotatable bonds is 7. The van der Waals surface area contributed by atoms with Gasteiger partial charge in [-0.3, -0.25) is 14.9 Å². The van der Waals surface area contributed by atoms with Gasteiger partial charge in [-0.15, -0.1) is 0 Å². The summed E-state index contributed by atoms with van der Waals surface area (Å²) in [7, 11) is -4.50. The number of carbonyl (C=O) groups excluding carboxylic acids is 1. The summed E-state index contributed by atoms with van der Waals surface area (Å²) in [6.07, 6.45) is 1.57. The Hall–Kier alpha value is -2.96. The first-order valence-corrected chi connectivity index (χ1v) is 11.0. The Labute approximate surface area is 181 Å². The van der Waals surface area contributed by atoms with Gasteiger partial charge in [0, 0.05) is 6.07 Å². The van der Waals surface area contributed by atoms with Crippen molar-refractivity contribution in [2.75, 3.05) is 6.61 Å². The molecule has 1 N–H and O–H groups in total. The SMILES string of the molecule is CCOc1cc(/C=C2\SC(=S)NC2=O)ccc1OS(=O)(=O)c1ccccc1[N+](=O)[O-]. The first-order chi connectivity index (χ1) is 14.2. The Bertz CT molecular complexity index is 1180. The molecule has 3 rings (SSSR count). The van der Waals surface area contributed by atoms with Gasteiger partial charge in [0.05, 0.1) is 16.4 Å². The second kappa shape index (κ2) is 8.81. The number of nitro groups is 1. The van der Waals surface area contributed by atoms with Crippen molar-refractivity contribution in [2.24, 2.45) is 0 Å². The van der Waals surface area contributed by atoms with Gasteiger partial charge in [-0.25, -0.2) is 0 Å². The summed E-state index contributed by atoms with van der Waals surface area (Å²) in [6, 6.07) is 9.24. The highest BCUT2D eigenvalue weighted by atomic mass is 32.2. The number of hydrogen-bond donors (Lipinski definition) is 1. The van der Waals surface area contributed by atoms with Crippen LogP contribution in [0.15, 0.2) is 52.3 Å². The molecule has 156 valence electrons. The van der Waals surface area contributed by atoms with Gasteiger partial charge in [0.15, 0.2) is 16.4 Å². The first-order valence-electron chi connectivity index (χ1n) is 8.41. The van der Waals surface area contributed by atoms with E-state index in [0.717, 1.165) is 23.9 Å². The van der Waals surface area contributed by atoms with Crippen LogP contribution in [0.2, 0.25) is 0 Å². The van der Waals surface area contributed by atoms with Crippen molar-refractivity contribution in [1.29, 1.82) is 0 Å². The maximum Gasteiger partial charge on any atom is 0.346 e. The quantitative estimate of drug-likeness (QED) is 0.215. The lowest BCUT2D eigenvalue weighted by Gasteiger charge is -2.12. The molecule has 0 spiro atoms. The van der Waals surface area contributed by atoms with Crippen LogP contribution in [-0.4, -0.2) is 30.2 Å². The Morgan fingerprint density at radius 2 is 1.97 bits per heavy atom. The number of nitro benzene ring substituents is 1. The summed E-state index contributed by atoms with van der Waals surface area (Å²) in [6.45, 7) is 1.91. The van der Waals surface area contributed by atoms with Crippen LogP contribution in [0.1, 0.15) is 12.5 Å². The van der Waals surface area contributed by atoms with Gasteiger partial charge >= 0.3 is 10.1 Å². The zero-order valence-corrected chi connectivity index (χ0v) is 17.8. The van der Waals surface area contributed by atoms with Crippen molar-refractivity contribution in [3.63, 3.8) is 0 Å². The van der Waals surface area contributed by atoms with Crippen molar-refractivity contribution < 1.29 is 27.1 Å². The molecule has 1 heterocycles. The zero-order valence-electron chi connectivity index (χ0n) is 15.4. The Kier molecular flexibility index (Phi) is 6.39. The van der Waals surface area contributed by atoms with E-state index in [-0.39, 0.29) is 24.0 Å². The van der Waals surface area contributed by atoms with Crippen molar-refractivity contribution in [1.82, 2.24) is 5.32 Å². The summed E-state index contributed by atoms with van der Waals surface area (Å²) >= 11 is 6.05. The maximum atomic E-state index is 12.7. The van der Waals surface area contributed by atoms with E-state index in [1.165, 1.54) is 30.3 Å². The van der Waals surface area contributed by atoms with E-state index in [0.29, 0.717) is 14.8 Å². The third kappa shape index (κ3) is 4.78. The number of benzene rings is 2. The fourth-order valence-electron chi connectivity index (χ4n) is 2.51. The molecular weight excluding hydrogens is 452 g/mol. The van der Waals surface area contributed by atoms with E-state index in [2.05, 4.69) is 5.32 Å². The third-order valence-corrected chi connectivity index (χ3v) is 6.18. The van der Waals surface area contributed by atoms with Gasteiger partial charge in [0.25, 0.3) is 11.6 Å². The van der Waals surface area contributed by atoms with Gasteiger partial charge in [-0.2, -0.15) is 8.42 Å². The van der Waals surface area contributed by atoms with Gasteiger partial charge in [0.1, 0.15) is 4.32 Å². The van der Waals surface area contributed by atoms with Crippen LogP contribution in [0.3, 0.4) is 0 Å². The maximum absolute atomic E-state index is 12.7. The highest BCUT2D eigenvalue weighted by Gasteiger charge is 2.28. The lowest BCUT2D eigenvalue weighted by Crippen LogP contribution is -2.17. The van der Waals surface area contributed by atoms with Crippen LogP contribution >= 0.6 is 24.0 Å². The molecule has 1 fully saturated rings. The second-order valence-electron chi connectivity index (χ2n) is 5.75. The predicted molar refractivity (Wildman–Crippen MR) is 115 cm³/mol. The number of thioether (sulfide) groups is 1. The van der Waals surface area contributed by atoms with Crippen molar-refractivity contribution in [3.8, 4) is 11.5 Å². The number of hydrogen-bond acceptors (Lipinski definition) is 9. The fraction of sp³-hybridized carbons (Fsp3) is 0.111. The van der Waals surface area contributed by atoms with Crippen LogP contribution in [0.25, 0.3) is 6.08 Å². The van der Waals surface area contributed by atoms with Crippen molar-refractivity contribution in [2.45, 2.75) is 11.8 Å². The largest absolute Gasteiger partial charge is 0.490 e. The van der Waals surface area contributed by atoms with E-state index in [4.69, 9.17) is 21.1 Å². The van der Waals surface area contributed by atoms with E-state index in [9.17, 15) is 23.3 Å². The third-order valence-electron chi connectivity index (χ3n) is 3.74. The summed E-state index contributed by atoms with van der Waals surface area (Å²) < 4.78 is 36.3. The molecule has 0 radical (unpaired) electrons. The standard InChI is InChI=1S/C18H14N2O7S3/c1-2-26-14-9-11(10-15-17(21)19-18(28)29-15)7-8-13(14)27-30(24,25)16-6-4-3-5-12(16)20(22)23/h3-10H,2H2,1H3,(H,19,21,28)/b15-10-. The molecule has 0 unspecified atom stereocenters. The minimum atomic E-state index is -4.50. The fourth-order valence-corrected chi connectivity index (χ4v) is 4.66. The molecule has 1 aliphatic rings. The molecule has 2 aromatic rings. The predicted octanol–water partition coefficient (Wildman–Crippen LogP) is 3.25. The minimum absolute atomic E-state index is 0.0972. The average Bonchev–Trinajstić information content (AvgIpc) is 3.00. The molecule has 30 heavy (non-hydrogen) atoms. The van der Waals surface area contributed by atoms with Gasteiger partial charge in [-0.05, 0) is 36.8 Å². The summed E-state index contributed by atoms with van der Waals surface area (Å²) in [5, 5.41) is 13.7. The number of thiocarbonyl (C=S) groups is 1. The van der Waals surface area contributed by atoms with Crippen LogP contribution in [-0.2, 0) is 14.9 Å². The van der Waals surface area contributed by atoms with Crippen LogP contribution in [0.4, 0.5) is 5.69 Å². The van der Waals surface area contributed by atoms with E-state index in [1.807, 2.05) is 0 Å². The lowest BCUT2D eigenvalue weighted by molar-refractivity contribution is -0.387. The highest BCUT2D eigenvalue weighted by Crippen LogP contribution is 2.35. The van der Waals surface area contributed by atoms with Crippen LogP contribution < -0.4 is 14.2 Å². The van der Waals surface area contributed by atoms with Crippen LogP contribution in [0.5, 0.6) is 11.5 Å². The number of para-hydroxylation sites is 1. The number of nitrogens with one attached hydrogen (secondary N) is 1. The van der Waals surface area contributed by atoms with Crippen molar-refractivity contribution >= 4 is 56.1 Å². The molecule has 0 bridgehead atoms. The molecule has 0 aromatic heterocycles. The van der Waals surface area contributed by atoms with Gasteiger partial charge in [-0.1, -0.05) is 42.2 Å². The van der Waals surface area contributed by atoms with E-state index < -0.39 is 25.6 Å². The zero-order chi connectivity index (χ0) is 21.9. The second-order valence-corrected chi connectivity index (χ2v) is 8.99. The van der Waals surface area contributed by atoms with E-state index in [1.54, 1.807) is 13.0 Å². The summed E-state index contributed by atoms with van der Waals surface area (Å²) in [5.41, 5.74) is -0.0479. The highest BCUT2D eigenvalue weighted by molar-refractivity contribution is 8.26. The first kappa shape index (κ1) is 21.7. The lowest BCUT2D eigenvalue weighted by atomic mass is 10.2. The smallest absolute Gasteiger partial charge is 0.346 e. The molecule has 0 atom stereocenters. The Morgan fingerprint density at radius 1 is 1.23 bits per heavy atom. The summed E-state index contributed by atoms with van der Waals surface area (Å²) in [4.78, 5) is 22.0. The average molecular weight is 467 g/mol. The molecule has 2 aromatic carbocycles. The minimum Gasteiger partial charge on any atom is -0.490 e. The molecule has 1 aliphatic heterocycles. The number of amides is 1. The van der Waals surface area contributed by atoms with Crippen LogP contribution in [0, 0.1) is 10.1 Å². The Morgan fingerprint density at radius 3 is 2.60 bits per heavy atom. The molecular formula is C18H14N2O7S3. The number of nitrogens with zero attached hydrogens (tertiary/aromatic N) is 1. The topological polar surface area (TPSA) is 125 Å². The molecule has 1 amide bonds.